The van der Waals surface area contributed by atoms with Gasteiger partial charge >= 0.3 is 0 Å². The number of nitrogens with one attached hydrogen (secondary N) is 1. The molecule has 0 bridgehead atoms. The van der Waals surface area contributed by atoms with Crippen LogP contribution < -0.4 is 5.32 Å². The number of para-hydroxylation sites is 1. The lowest BCUT2D eigenvalue weighted by Gasteiger charge is -2.00. The zero-order chi connectivity index (χ0) is 14.7. The Labute approximate surface area is 135 Å². The second kappa shape index (κ2) is 6.28. The summed E-state index contributed by atoms with van der Waals surface area (Å²) in [7, 11) is 0. The van der Waals surface area contributed by atoms with Gasteiger partial charge in [0.2, 0.25) is 0 Å². The lowest BCUT2D eigenvalue weighted by molar-refractivity contribution is 0.265. The van der Waals surface area contributed by atoms with Crippen LogP contribution in [0.2, 0.25) is 0 Å². The van der Waals surface area contributed by atoms with Gasteiger partial charge in [-0.1, -0.05) is 46.3 Å². The van der Waals surface area contributed by atoms with Crippen LogP contribution in [0.15, 0.2) is 69.0 Å². The third-order valence-corrected chi connectivity index (χ3v) is 4.11. The Morgan fingerprint density at radius 2 is 1.90 bits per heavy atom. The summed E-state index contributed by atoms with van der Waals surface area (Å²) in [5.74, 6) is 0.594. The van der Waals surface area contributed by atoms with Gasteiger partial charge < -0.3 is 5.32 Å². The normalized spacial score (nSPS) is 18.2. The fourth-order valence-corrected chi connectivity index (χ4v) is 3.04. The van der Waals surface area contributed by atoms with E-state index in [4.69, 9.17) is 0 Å². The van der Waals surface area contributed by atoms with Crippen LogP contribution in [0.3, 0.4) is 0 Å². The number of carbonyl (C=O) groups is 1. The van der Waals surface area contributed by atoms with Crippen LogP contribution in [0.4, 0.5) is 10.5 Å². The summed E-state index contributed by atoms with van der Waals surface area (Å²) >= 11 is 4.60. The molecule has 2 aromatic rings. The van der Waals surface area contributed by atoms with Crippen LogP contribution in [0, 0.1) is 0 Å². The quantitative estimate of drug-likeness (QED) is 0.822. The van der Waals surface area contributed by atoms with E-state index in [0.717, 1.165) is 32.4 Å². The van der Waals surface area contributed by atoms with Crippen molar-refractivity contribution in [2.75, 3.05) is 0 Å². The molecular weight excluding hydrogens is 348 g/mol. The average molecular weight is 359 g/mol. The molecule has 1 amide bonds. The van der Waals surface area contributed by atoms with E-state index < -0.39 is 0 Å². The summed E-state index contributed by atoms with van der Waals surface area (Å²) in [5.41, 5.74) is 1.83. The molecule has 1 fully saturated rings. The summed E-state index contributed by atoms with van der Waals surface area (Å²) in [6.07, 6.45) is 1.95. The Hall–Kier alpha value is -1.85. The molecule has 104 valence electrons. The minimum Gasteiger partial charge on any atom is -0.300 e. The minimum absolute atomic E-state index is 0.106. The Balaban J connectivity index is 1.96. The SMILES string of the molecule is O=C1NC(=Nc2ccccc2)/C(=C/c2cccc(Br)c2)S1. The highest BCUT2D eigenvalue weighted by Gasteiger charge is 2.23. The largest absolute Gasteiger partial charge is 0.300 e. The number of amidine groups is 1. The number of halogens is 1. The first-order valence-electron chi connectivity index (χ1n) is 6.31. The molecule has 0 radical (unpaired) electrons. The van der Waals surface area contributed by atoms with E-state index in [9.17, 15) is 4.79 Å². The second-order valence-corrected chi connectivity index (χ2v) is 6.30. The summed E-state index contributed by atoms with van der Waals surface area (Å²) in [4.78, 5) is 16.9. The molecule has 0 aromatic heterocycles. The summed E-state index contributed by atoms with van der Waals surface area (Å²) in [6, 6.07) is 17.5. The molecule has 2 aromatic carbocycles. The first kappa shape index (κ1) is 14.1. The molecular formula is C16H11BrN2OS. The number of rotatable bonds is 2. The van der Waals surface area contributed by atoms with Gasteiger partial charge in [-0.3, -0.25) is 4.79 Å². The molecule has 0 atom stereocenters. The second-order valence-electron chi connectivity index (χ2n) is 4.37. The highest BCUT2D eigenvalue weighted by atomic mass is 79.9. The zero-order valence-electron chi connectivity index (χ0n) is 10.9. The van der Waals surface area contributed by atoms with Crippen molar-refractivity contribution in [1.29, 1.82) is 0 Å². The van der Waals surface area contributed by atoms with Gasteiger partial charge in [0.25, 0.3) is 5.24 Å². The number of amides is 1. The van der Waals surface area contributed by atoms with Gasteiger partial charge in [-0.05, 0) is 47.7 Å². The molecule has 1 saturated heterocycles. The van der Waals surface area contributed by atoms with E-state index in [-0.39, 0.29) is 5.24 Å². The van der Waals surface area contributed by atoms with E-state index in [0.29, 0.717) is 5.84 Å². The third kappa shape index (κ3) is 3.62. The first-order chi connectivity index (χ1) is 10.2. The number of hydrogen-bond acceptors (Lipinski definition) is 3. The lowest BCUT2D eigenvalue weighted by Crippen LogP contribution is -2.18. The fourth-order valence-electron chi connectivity index (χ4n) is 1.89. The molecule has 5 heteroatoms. The van der Waals surface area contributed by atoms with E-state index in [1.165, 1.54) is 0 Å². The molecule has 1 aliphatic rings. The van der Waals surface area contributed by atoms with Crippen LogP contribution in [-0.2, 0) is 0 Å². The Bertz CT molecular complexity index is 741. The van der Waals surface area contributed by atoms with E-state index in [2.05, 4.69) is 26.2 Å². The summed E-state index contributed by atoms with van der Waals surface area (Å²) in [6.45, 7) is 0. The molecule has 3 rings (SSSR count). The Kier molecular flexibility index (Phi) is 4.22. The molecule has 1 heterocycles. The highest BCUT2D eigenvalue weighted by molar-refractivity contribution is 9.10. The molecule has 0 spiro atoms. The van der Waals surface area contributed by atoms with E-state index >= 15 is 0 Å². The predicted molar refractivity (Wildman–Crippen MR) is 91.8 cm³/mol. The van der Waals surface area contributed by atoms with Gasteiger partial charge in [-0.15, -0.1) is 0 Å². The number of hydrogen-bond donors (Lipinski definition) is 1. The van der Waals surface area contributed by atoms with Crippen LogP contribution in [0.5, 0.6) is 0 Å². The predicted octanol–water partition coefficient (Wildman–Crippen LogP) is 4.98. The van der Waals surface area contributed by atoms with Gasteiger partial charge in [0.05, 0.1) is 10.6 Å². The Morgan fingerprint density at radius 1 is 1.10 bits per heavy atom. The minimum atomic E-state index is -0.106. The first-order valence-corrected chi connectivity index (χ1v) is 7.92. The third-order valence-electron chi connectivity index (χ3n) is 2.80. The van der Waals surface area contributed by atoms with Crippen LogP contribution in [0.25, 0.3) is 6.08 Å². The number of thioether (sulfide) groups is 1. The van der Waals surface area contributed by atoms with Crippen molar-refractivity contribution in [3.8, 4) is 0 Å². The van der Waals surface area contributed by atoms with Crippen LogP contribution >= 0.6 is 27.7 Å². The number of carbonyl (C=O) groups excluding carboxylic acids is 1. The maximum Gasteiger partial charge on any atom is 0.289 e. The van der Waals surface area contributed by atoms with Crippen molar-refractivity contribution in [3.63, 3.8) is 0 Å². The monoisotopic (exact) mass is 358 g/mol. The highest BCUT2D eigenvalue weighted by Crippen LogP contribution is 2.28. The van der Waals surface area contributed by atoms with Gasteiger partial charge in [-0.25, -0.2) is 4.99 Å². The number of aliphatic imine (C=N–C) groups is 1. The zero-order valence-corrected chi connectivity index (χ0v) is 13.3. The van der Waals surface area contributed by atoms with Gasteiger partial charge in [0.15, 0.2) is 0 Å². The van der Waals surface area contributed by atoms with Crippen molar-refractivity contribution in [3.05, 3.63) is 69.5 Å². The smallest absolute Gasteiger partial charge is 0.289 e. The molecule has 3 nitrogen and oxygen atoms in total. The molecule has 0 unspecified atom stereocenters. The van der Waals surface area contributed by atoms with Crippen molar-refractivity contribution in [2.24, 2.45) is 4.99 Å². The standard InChI is InChI=1S/C16H11BrN2OS/c17-12-6-4-5-11(9-12)10-14-15(19-16(20)21-14)18-13-7-2-1-3-8-13/h1-10H,(H,18,19,20)/b14-10-. The van der Waals surface area contributed by atoms with E-state index in [1.807, 2.05) is 60.7 Å². The maximum absolute atomic E-state index is 11.6. The van der Waals surface area contributed by atoms with E-state index in [1.54, 1.807) is 0 Å². The van der Waals surface area contributed by atoms with Crippen molar-refractivity contribution >= 4 is 50.5 Å². The maximum atomic E-state index is 11.6. The van der Waals surface area contributed by atoms with Crippen LogP contribution in [0.1, 0.15) is 5.56 Å². The van der Waals surface area contributed by atoms with Gasteiger partial charge in [0.1, 0.15) is 5.84 Å². The molecule has 1 aliphatic heterocycles. The number of nitrogens with zero attached hydrogens (tertiary/aromatic N) is 1. The summed E-state index contributed by atoms with van der Waals surface area (Å²) in [5, 5.41) is 2.68. The van der Waals surface area contributed by atoms with Crippen molar-refractivity contribution in [1.82, 2.24) is 5.32 Å². The molecule has 0 saturated carbocycles. The van der Waals surface area contributed by atoms with Gasteiger partial charge in [-0.2, -0.15) is 0 Å². The Morgan fingerprint density at radius 3 is 2.67 bits per heavy atom. The molecule has 21 heavy (non-hydrogen) atoms. The fraction of sp³-hybridized carbons (Fsp3) is 0. The molecule has 1 N–H and O–H groups in total. The lowest BCUT2D eigenvalue weighted by atomic mass is 10.2. The topological polar surface area (TPSA) is 41.5 Å². The van der Waals surface area contributed by atoms with Gasteiger partial charge in [0, 0.05) is 4.47 Å². The summed E-state index contributed by atoms with van der Waals surface area (Å²) < 4.78 is 1.00. The average Bonchev–Trinajstić information content (AvgIpc) is 2.80. The van der Waals surface area contributed by atoms with Crippen LogP contribution in [-0.4, -0.2) is 11.1 Å². The van der Waals surface area contributed by atoms with Crippen molar-refractivity contribution in [2.45, 2.75) is 0 Å². The molecule has 0 aliphatic carbocycles. The number of benzene rings is 2. The van der Waals surface area contributed by atoms with Crippen molar-refractivity contribution < 1.29 is 4.79 Å².